The molecule has 2 heteroatoms. The van der Waals surface area contributed by atoms with Gasteiger partial charge in [0.25, 0.3) is 0 Å². The van der Waals surface area contributed by atoms with E-state index in [1.54, 1.807) is 0 Å². The number of nitrogens with zero attached hydrogens (tertiary/aromatic N) is 1. The van der Waals surface area contributed by atoms with Crippen LogP contribution in [-0.4, -0.2) is 6.54 Å². The summed E-state index contributed by atoms with van der Waals surface area (Å²) in [7, 11) is 0. The summed E-state index contributed by atoms with van der Waals surface area (Å²) in [5.74, 6) is 0. The number of hydrogen-bond donors (Lipinski definition) is 1. The Balaban J connectivity index is 2.37. The maximum absolute atomic E-state index is 3.56. The van der Waals surface area contributed by atoms with Crippen molar-refractivity contribution in [2.75, 3.05) is 6.54 Å². The van der Waals surface area contributed by atoms with Crippen molar-refractivity contribution >= 4 is 0 Å². The Morgan fingerprint density at radius 3 is 2.73 bits per heavy atom. The zero-order chi connectivity index (χ0) is 10.9. The van der Waals surface area contributed by atoms with E-state index >= 15 is 0 Å². The average molecular weight is 205 g/mol. The Hall–Kier alpha value is -0.890. The van der Waals surface area contributed by atoms with Gasteiger partial charge in [-0.25, -0.2) is 0 Å². The zero-order valence-corrected chi connectivity index (χ0v) is 9.96. The molecular weight excluding hydrogens is 184 g/mol. The predicted molar refractivity (Wildman–Crippen MR) is 61.6 cm³/mol. The average Bonchev–Trinajstić information content (AvgIpc) is 2.69. The van der Waals surface area contributed by atoms with E-state index in [1.165, 1.54) is 18.5 Å². The number of aromatic nitrogens is 1. The second-order valence-corrected chi connectivity index (χ2v) is 5.32. The number of nitrogens with one attached hydrogen (secondary N) is 1. The summed E-state index contributed by atoms with van der Waals surface area (Å²) in [5.41, 5.74) is 1.59. The summed E-state index contributed by atoms with van der Waals surface area (Å²) < 4.78 is 2.38. The van der Waals surface area contributed by atoms with Gasteiger partial charge in [0.2, 0.25) is 0 Å². The largest absolute Gasteiger partial charge is 0.305 e. The van der Waals surface area contributed by atoms with Crippen LogP contribution in [0.5, 0.6) is 0 Å². The molecule has 1 unspecified atom stereocenters. The Kier molecular flexibility index (Phi) is 2.79. The molecular formula is C13H21N2+. The zero-order valence-electron chi connectivity index (χ0n) is 9.96. The van der Waals surface area contributed by atoms with E-state index in [9.17, 15) is 0 Å². The highest BCUT2D eigenvalue weighted by Crippen LogP contribution is 2.21. The lowest BCUT2D eigenvalue weighted by atomic mass is 10.0. The maximum atomic E-state index is 3.56. The van der Waals surface area contributed by atoms with Gasteiger partial charge < -0.3 is 5.32 Å². The predicted octanol–water partition coefficient (Wildman–Crippen LogP) is 2.15. The van der Waals surface area contributed by atoms with Crippen LogP contribution >= 0.6 is 0 Å². The van der Waals surface area contributed by atoms with Gasteiger partial charge in [-0.3, -0.25) is 0 Å². The van der Waals surface area contributed by atoms with Crippen LogP contribution in [0.3, 0.4) is 0 Å². The van der Waals surface area contributed by atoms with Crippen LogP contribution in [0, 0.1) is 0 Å². The summed E-state index contributed by atoms with van der Waals surface area (Å²) in [6.07, 6.45) is 4.75. The third kappa shape index (κ3) is 2.20. The van der Waals surface area contributed by atoms with Crippen molar-refractivity contribution in [2.24, 2.45) is 0 Å². The molecule has 2 rings (SSSR count). The molecule has 0 radical (unpaired) electrons. The molecule has 1 aliphatic heterocycles. The summed E-state index contributed by atoms with van der Waals surface area (Å²) in [6.45, 7) is 7.92. The molecule has 1 saturated heterocycles. The standard InChI is InChI=1S/C13H21N2/c1-13(2,3)15-10-5-4-8-12(15)11-7-6-9-14-11/h4-5,8,10-11,14H,6-7,9H2,1-3H3/q+1. The summed E-state index contributed by atoms with van der Waals surface area (Å²) in [5, 5.41) is 3.56. The first-order valence-corrected chi connectivity index (χ1v) is 5.83. The first-order valence-electron chi connectivity index (χ1n) is 5.83. The van der Waals surface area contributed by atoms with Crippen molar-refractivity contribution in [3.63, 3.8) is 0 Å². The first-order chi connectivity index (χ1) is 7.09. The first kappa shape index (κ1) is 10.6. The molecule has 1 aromatic rings. The maximum Gasteiger partial charge on any atom is 0.198 e. The molecule has 1 N–H and O–H groups in total. The number of pyridine rings is 1. The Bertz CT molecular complexity index is 333. The van der Waals surface area contributed by atoms with Crippen LogP contribution in [0.15, 0.2) is 24.4 Å². The van der Waals surface area contributed by atoms with E-state index in [0.29, 0.717) is 6.04 Å². The summed E-state index contributed by atoms with van der Waals surface area (Å²) in [4.78, 5) is 0. The second kappa shape index (κ2) is 3.93. The van der Waals surface area contributed by atoms with Gasteiger partial charge in [-0.05, 0) is 19.4 Å². The Morgan fingerprint density at radius 1 is 1.33 bits per heavy atom. The van der Waals surface area contributed by atoms with E-state index in [4.69, 9.17) is 0 Å². The normalized spacial score (nSPS) is 21.9. The number of hydrogen-bond acceptors (Lipinski definition) is 1. The molecule has 1 aliphatic rings. The smallest absolute Gasteiger partial charge is 0.198 e. The van der Waals surface area contributed by atoms with Gasteiger partial charge >= 0.3 is 0 Å². The second-order valence-electron chi connectivity index (χ2n) is 5.32. The number of rotatable bonds is 1. The van der Waals surface area contributed by atoms with Crippen molar-refractivity contribution < 1.29 is 4.57 Å². The molecule has 0 aliphatic carbocycles. The van der Waals surface area contributed by atoms with E-state index < -0.39 is 0 Å². The molecule has 1 atom stereocenters. The van der Waals surface area contributed by atoms with Gasteiger partial charge in [-0.2, -0.15) is 4.57 Å². The van der Waals surface area contributed by atoms with Gasteiger partial charge in [0.1, 0.15) is 0 Å². The van der Waals surface area contributed by atoms with Crippen molar-refractivity contribution in [1.29, 1.82) is 0 Å². The minimum absolute atomic E-state index is 0.168. The van der Waals surface area contributed by atoms with Crippen molar-refractivity contribution in [3.8, 4) is 0 Å². The molecule has 2 heterocycles. The van der Waals surface area contributed by atoms with Crippen LogP contribution in [0.1, 0.15) is 45.3 Å². The lowest BCUT2D eigenvalue weighted by Gasteiger charge is -2.19. The van der Waals surface area contributed by atoms with Crippen LogP contribution in [0.25, 0.3) is 0 Å². The molecule has 1 aromatic heterocycles. The van der Waals surface area contributed by atoms with E-state index in [1.807, 2.05) is 0 Å². The Morgan fingerprint density at radius 2 is 2.13 bits per heavy atom. The molecule has 0 saturated carbocycles. The van der Waals surface area contributed by atoms with Crippen LogP contribution in [0.4, 0.5) is 0 Å². The lowest BCUT2D eigenvalue weighted by molar-refractivity contribution is -0.761. The van der Waals surface area contributed by atoms with Gasteiger partial charge in [0.05, 0.1) is 6.04 Å². The fourth-order valence-electron chi connectivity index (χ4n) is 2.29. The van der Waals surface area contributed by atoms with E-state index in [2.05, 4.69) is 55.1 Å². The highest BCUT2D eigenvalue weighted by atomic mass is 15.1. The minimum Gasteiger partial charge on any atom is -0.305 e. The van der Waals surface area contributed by atoms with Gasteiger partial charge in [0.15, 0.2) is 17.4 Å². The quantitative estimate of drug-likeness (QED) is 0.695. The molecule has 0 bridgehead atoms. The monoisotopic (exact) mass is 205 g/mol. The molecule has 1 fully saturated rings. The summed E-state index contributed by atoms with van der Waals surface area (Å²) in [6, 6.07) is 7.04. The molecule has 2 nitrogen and oxygen atoms in total. The van der Waals surface area contributed by atoms with E-state index in [0.717, 1.165) is 6.54 Å². The SMILES string of the molecule is CC(C)(C)[n+]1ccccc1C1CCCN1. The minimum atomic E-state index is 0.168. The topological polar surface area (TPSA) is 15.9 Å². The lowest BCUT2D eigenvalue weighted by Crippen LogP contribution is -2.54. The van der Waals surface area contributed by atoms with Crippen molar-refractivity contribution in [1.82, 2.24) is 5.32 Å². The molecule has 0 amide bonds. The fraction of sp³-hybridized carbons (Fsp3) is 0.615. The van der Waals surface area contributed by atoms with Gasteiger partial charge in [0, 0.05) is 32.9 Å². The van der Waals surface area contributed by atoms with Gasteiger partial charge in [-0.15, -0.1) is 0 Å². The summed E-state index contributed by atoms with van der Waals surface area (Å²) >= 11 is 0. The fourth-order valence-corrected chi connectivity index (χ4v) is 2.29. The van der Waals surface area contributed by atoms with Crippen LogP contribution in [0.2, 0.25) is 0 Å². The highest BCUT2D eigenvalue weighted by Gasteiger charge is 2.30. The third-order valence-corrected chi connectivity index (χ3v) is 3.03. The van der Waals surface area contributed by atoms with Crippen LogP contribution in [-0.2, 0) is 5.54 Å². The van der Waals surface area contributed by atoms with Gasteiger partial charge in [-0.1, -0.05) is 6.07 Å². The van der Waals surface area contributed by atoms with E-state index in [-0.39, 0.29) is 5.54 Å². The molecule has 0 spiro atoms. The Labute approximate surface area is 92.3 Å². The van der Waals surface area contributed by atoms with Crippen molar-refractivity contribution in [2.45, 2.75) is 45.2 Å². The molecule has 82 valence electrons. The molecule has 15 heavy (non-hydrogen) atoms. The highest BCUT2D eigenvalue weighted by molar-refractivity contribution is 5.05. The third-order valence-electron chi connectivity index (χ3n) is 3.03. The van der Waals surface area contributed by atoms with Crippen molar-refractivity contribution in [3.05, 3.63) is 30.1 Å². The van der Waals surface area contributed by atoms with Crippen LogP contribution < -0.4 is 9.88 Å². The molecule has 0 aromatic carbocycles.